The van der Waals surface area contributed by atoms with Gasteiger partial charge in [-0.3, -0.25) is 10.1 Å². The zero-order valence-electron chi connectivity index (χ0n) is 16.5. The number of rotatable bonds is 6. The molecule has 1 aliphatic rings. The Labute approximate surface area is 183 Å². The van der Waals surface area contributed by atoms with Gasteiger partial charge in [0.1, 0.15) is 5.75 Å². The third-order valence-corrected chi connectivity index (χ3v) is 5.80. The molecule has 164 valence electrons. The van der Waals surface area contributed by atoms with E-state index >= 15 is 0 Å². The summed E-state index contributed by atoms with van der Waals surface area (Å²) in [6.45, 7) is -1.37. The number of nitrogens with zero attached hydrogens (tertiary/aromatic N) is 4. The van der Waals surface area contributed by atoms with Crippen LogP contribution >= 0.6 is 11.3 Å². The van der Waals surface area contributed by atoms with Crippen LogP contribution in [0.5, 0.6) is 5.75 Å². The van der Waals surface area contributed by atoms with Crippen molar-refractivity contribution in [1.82, 2.24) is 20.0 Å². The third kappa shape index (κ3) is 4.28. The molecule has 0 unspecified atom stereocenters. The van der Waals surface area contributed by atoms with E-state index < -0.39 is 18.7 Å². The number of anilines is 1. The van der Waals surface area contributed by atoms with E-state index in [1.165, 1.54) is 12.1 Å². The molecule has 0 saturated heterocycles. The van der Waals surface area contributed by atoms with Crippen LogP contribution in [0.2, 0.25) is 0 Å². The topological polar surface area (TPSA) is 81.9 Å². The van der Waals surface area contributed by atoms with Gasteiger partial charge in [-0.25, -0.2) is 9.67 Å². The van der Waals surface area contributed by atoms with Crippen molar-refractivity contribution in [2.24, 2.45) is 0 Å². The number of amides is 1. The van der Waals surface area contributed by atoms with Crippen molar-refractivity contribution in [1.29, 1.82) is 0 Å². The van der Waals surface area contributed by atoms with Gasteiger partial charge in [0.2, 0.25) is 0 Å². The van der Waals surface area contributed by atoms with E-state index in [2.05, 4.69) is 20.6 Å². The number of carbonyl (C=O) groups is 1. The number of ether oxygens (including phenoxy) is 1. The van der Waals surface area contributed by atoms with Crippen molar-refractivity contribution in [3.8, 4) is 11.4 Å². The molecular formula is C21H16F3N5O2S. The smallest absolute Gasteiger partial charge is 0.422 e. The minimum absolute atomic E-state index is 0.0816. The molecule has 2 heterocycles. The summed E-state index contributed by atoms with van der Waals surface area (Å²) in [4.78, 5) is 17.3. The molecule has 0 radical (unpaired) electrons. The maximum Gasteiger partial charge on any atom is 0.422 e. The lowest BCUT2D eigenvalue weighted by Gasteiger charge is -2.08. The number of benzene rings is 2. The van der Waals surface area contributed by atoms with Crippen molar-refractivity contribution in [3.05, 3.63) is 59.9 Å². The van der Waals surface area contributed by atoms with Gasteiger partial charge in [0.05, 0.1) is 21.6 Å². The van der Waals surface area contributed by atoms with Crippen LogP contribution in [-0.2, 0) is 0 Å². The van der Waals surface area contributed by atoms with E-state index in [-0.39, 0.29) is 17.4 Å². The molecule has 1 amide bonds. The summed E-state index contributed by atoms with van der Waals surface area (Å²) >= 11 is 1.14. The van der Waals surface area contributed by atoms with Crippen LogP contribution in [0.4, 0.5) is 18.3 Å². The lowest BCUT2D eigenvalue weighted by Crippen LogP contribution is -2.19. The molecule has 1 fully saturated rings. The first-order chi connectivity index (χ1) is 15.4. The second-order valence-corrected chi connectivity index (χ2v) is 8.38. The quantitative estimate of drug-likeness (QED) is 0.441. The molecule has 1 aliphatic carbocycles. The van der Waals surface area contributed by atoms with E-state index in [0.717, 1.165) is 35.6 Å². The first-order valence-electron chi connectivity index (χ1n) is 9.80. The van der Waals surface area contributed by atoms with Gasteiger partial charge in [-0.05, 0) is 43.2 Å². The van der Waals surface area contributed by atoms with Gasteiger partial charge >= 0.3 is 6.18 Å². The Morgan fingerprint density at radius 2 is 1.97 bits per heavy atom. The van der Waals surface area contributed by atoms with Crippen LogP contribution in [0.15, 0.2) is 48.5 Å². The molecule has 2 aromatic carbocycles. The Morgan fingerprint density at radius 3 is 2.69 bits per heavy atom. The van der Waals surface area contributed by atoms with Gasteiger partial charge in [-0.1, -0.05) is 34.7 Å². The summed E-state index contributed by atoms with van der Waals surface area (Å²) in [7, 11) is 0. The summed E-state index contributed by atoms with van der Waals surface area (Å²) in [6, 6.07) is 13.9. The Balaban J connectivity index is 1.38. The van der Waals surface area contributed by atoms with Gasteiger partial charge in [-0.15, -0.1) is 5.10 Å². The largest absolute Gasteiger partial charge is 0.484 e. The van der Waals surface area contributed by atoms with E-state index in [1.807, 2.05) is 30.3 Å². The van der Waals surface area contributed by atoms with Crippen LogP contribution in [0.25, 0.3) is 15.9 Å². The second kappa shape index (κ2) is 7.90. The molecule has 7 nitrogen and oxygen atoms in total. The summed E-state index contributed by atoms with van der Waals surface area (Å²) in [5.41, 5.74) is 2.37. The molecule has 2 aromatic heterocycles. The van der Waals surface area contributed by atoms with Gasteiger partial charge in [0.25, 0.3) is 5.91 Å². The molecule has 1 saturated carbocycles. The Bertz CT molecular complexity index is 1280. The Morgan fingerprint density at radius 1 is 1.19 bits per heavy atom. The molecule has 32 heavy (non-hydrogen) atoms. The van der Waals surface area contributed by atoms with Gasteiger partial charge in [0.15, 0.2) is 17.4 Å². The fourth-order valence-corrected chi connectivity index (χ4v) is 4.19. The highest BCUT2D eigenvalue weighted by Crippen LogP contribution is 2.42. The average molecular weight is 459 g/mol. The number of nitrogens with one attached hydrogen (secondary N) is 1. The maximum atomic E-state index is 13.0. The molecule has 1 N–H and O–H groups in total. The van der Waals surface area contributed by atoms with E-state index in [1.54, 1.807) is 10.7 Å². The summed E-state index contributed by atoms with van der Waals surface area (Å²) in [5, 5.41) is 11.4. The lowest BCUT2D eigenvalue weighted by atomic mass is 10.2. The highest BCUT2D eigenvalue weighted by atomic mass is 32.1. The second-order valence-electron chi connectivity index (χ2n) is 7.35. The summed E-state index contributed by atoms with van der Waals surface area (Å²) in [5.74, 6) is -0.130. The van der Waals surface area contributed by atoms with Crippen LogP contribution in [0.3, 0.4) is 0 Å². The monoisotopic (exact) mass is 459 g/mol. The SMILES string of the molecule is O=C(Nc1nc2ccc(OCC(F)(F)F)cc2s1)c1nnn(-c2ccccc2)c1C1CC1. The first kappa shape index (κ1) is 20.4. The molecule has 11 heteroatoms. The van der Waals surface area contributed by atoms with Crippen molar-refractivity contribution in [3.63, 3.8) is 0 Å². The normalized spacial score (nSPS) is 14.0. The highest BCUT2D eigenvalue weighted by molar-refractivity contribution is 7.22. The molecule has 0 aliphatic heterocycles. The molecule has 0 spiro atoms. The molecule has 4 aromatic rings. The predicted molar refractivity (Wildman–Crippen MR) is 112 cm³/mol. The number of hydrogen-bond donors (Lipinski definition) is 1. The Kier molecular flexibility index (Phi) is 5.04. The van der Waals surface area contributed by atoms with Crippen molar-refractivity contribution in [2.45, 2.75) is 24.9 Å². The minimum atomic E-state index is -4.42. The number of carbonyl (C=O) groups excluding carboxylic acids is 1. The van der Waals surface area contributed by atoms with E-state index in [4.69, 9.17) is 4.74 Å². The van der Waals surface area contributed by atoms with Crippen LogP contribution in [-0.4, -0.2) is 38.7 Å². The predicted octanol–water partition coefficient (Wildman–Crippen LogP) is 4.95. The first-order valence-corrected chi connectivity index (χ1v) is 10.6. The number of fused-ring (bicyclic) bond motifs is 1. The van der Waals surface area contributed by atoms with Crippen LogP contribution in [0, 0.1) is 0 Å². The van der Waals surface area contributed by atoms with Crippen molar-refractivity contribution >= 4 is 32.6 Å². The number of hydrogen-bond acceptors (Lipinski definition) is 6. The average Bonchev–Trinajstić information content (AvgIpc) is 3.37. The summed E-state index contributed by atoms with van der Waals surface area (Å²) in [6.07, 6.45) is -2.50. The third-order valence-electron chi connectivity index (χ3n) is 4.87. The van der Waals surface area contributed by atoms with Gasteiger partial charge in [0, 0.05) is 5.92 Å². The minimum Gasteiger partial charge on any atom is -0.484 e. The van der Waals surface area contributed by atoms with Crippen LogP contribution in [0.1, 0.15) is 34.9 Å². The number of alkyl halides is 3. The highest BCUT2D eigenvalue weighted by Gasteiger charge is 2.34. The number of halogens is 3. The fraction of sp³-hybridized carbons (Fsp3) is 0.238. The van der Waals surface area contributed by atoms with Crippen molar-refractivity contribution < 1.29 is 22.7 Å². The van der Waals surface area contributed by atoms with Crippen LogP contribution < -0.4 is 10.1 Å². The van der Waals surface area contributed by atoms with Gasteiger partial charge in [-0.2, -0.15) is 13.2 Å². The van der Waals surface area contributed by atoms with Crippen molar-refractivity contribution in [2.75, 3.05) is 11.9 Å². The molecular weight excluding hydrogens is 443 g/mol. The number of thiazole rings is 1. The maximum absolute atomic E-state index is 13.0. The zero-order chi connectivity index (χ0) is 22.3. The fourth-order valence-electron chi connectivity index (χ4n) is 3.30. The lowest BCUT2D eigenvalue weighted by molar-refractivity contribution is -0.153. The molecule has 0 atom stereocenters. The zero-order valence-corrected chi connectivity index (χ0v) is 17.3. The van der Waals surface area contributed by atoms with E-state index in [9.17, 15) is 18.0 Å². The molecule has 5 rings (SSSR count). The standard InChI is InChI=1S/C21H16F3N5O2S/c22-21(23,24)11-31-14-8-9-15-16(10-14)32-20(25-15)26-19(30)17-18(12-6-7-12)29(28-27-17)13-4-2-1-3-5-13/h1-5,8-10,12H,6-7,11H2,(H,25,26,30). The number of aromatic nitrogens is 4. The van der Waals surface area contributed by atoms with Gasteiger partial charge < -0.3 is 4.74 Å². The van der Waals surface area contributed by atoms with E-state index in [0.29, 0.717) is 15.3 Å². The molecule has 0 bridgehead atoms. The number of para-hydroxylation sites is 1. The Hall–Kier alpha value is -3.47. The summed E-state index contributed by atoms with van der Waals surface area (Å²) < 4.78 is 44.2.